The molecule has 5 aromatic rings. The van der Waals surface area contributed by atoms with Crippen molar-refractivity contribution in [2.24, 2.45) is 7.05 Å². The Balaban J connectivity index is 1.18. The number of tetrazole rings is 1. The summed E-state index contributed by atoms with van der Waals surface area (Å²) < 4.78 is 5.91. The van der Waals surface area contributed by atoms with Crippen LogP contribution in [0.15, 0.2) is 65.3 Å². The molecule has 1 saturated heterocycles. The summed E-state index contributed by atoms with van der Waals surface area (Å²) in [4.78, 5) is 43.6. The predicted molar refractivity (Wildman–Crippen MR) is 144 cm³/mol. The molecule has 0 spiro atoms. The van der Waals surface area contributed by atoms with Crippen LogP contribution in [0, 0.1) is 0 Å². The van der Waals surface area contributed by atoms with E-state index in [-0.39, 0.29) is 17.9 Å². The summed E-state index contributed by atoms with van der Waals surface area (Å²) in [5.41, 5.74) is 3.58. The molecule has 1 unspecified atom stereocenters. The van der Waals surface area contributed by atoms with Crippen LogP contribution in [0.5, 0.6) is 0 Å². The number of hydrogen-bond donors (Lipinski definition) is 1. The molecule has 1 aromatic carbocycles. The lowest BCUT2D eigenvalue weighted by atomic mass is 10.1. The maximum atomic E-state index is 13.4. The van der Waals surface area contributed by atoms with Gasteiger partial charge in [0, 0.05) is 56.7 Å². The van der Waals surface area contributed by atoms with E-state index in [0.717, 1.165) is 5.69 Å². The number of benzene rings is 1. The molecule has 1 N–H and O–H groups in total. The van der Waals surface area contributed by atoms with E-state index in [0.29, 0.717) is 65.9 Å². The van der Waals surface area contributed by atoms with Crippen LogP contribution in [0.25, 0.3) is 22.6 Å². The Labute approximate surface area is 228 Å². The van der Waals surface area contributed by atoms with Crippen molar-refractivity contribution in [3.63, 3.8) is 0 Å². The average molecular weight is 539 g/mol. The van der Waals surface area contributed by atoms with Crippen molar-refractivity contribution in [2.45, 2.75) is 13.0 Å². The first kappa shape index (κ1) is 25.2. The summed E-state index contributed by atoms with van der Waals surface area (Å²) in [5.74, 6) is 0.597. The van der Waals surface area contributed by atoms with Gasteiger partial charge in [0.1, 0.15) is 17.3 Å². The summed E-state index contributed by atoms with van der Waals surface area (Å²) in [7, 11) is 1.73. The molecule has 0 bridgehead atoms. The first-order chi connectivity index (χ1) is 19.4. The molecule has 2 amide bonds. The first-order valence-electron chi connectivity index (χ1n) is 12.8. The number of hydrogen-bond acceptors (Lipinski definition) is 10. The zero-order valence-corrected chi connectivity index (χ0v) is 21.9. The zero-order chi connectivity index (χ0) is 27.6. The minimum Gasteiger partial charge on any atom is -0.436 e. The number of aryl methyl sites for hydroxylation is 1. The molecule has 6 rings (SSSR count). The van der Waals surface area contributed by atoms with Gasteiger partial charge in [0.25, 0.3) is 5.91 Å². The van der Waals surface area contributed by atoms with Crippen LogP contribution in [0.3, 0.4) is 0 Å². The number of amides is 2. The number of pyridine rings is 2. The predicted octanol–water partition coefficient (Wildman–Crippen LogP) is 2.31. The highest BCUT2D eigenvalue weighted by Crippen LogP contribution is 2.28. The monoisotopic (exact) mass is 538 g/mol. The number of aromatic nitrogens is 7. The molecule has 4 aromatic heterocycles. The van der Waals surface area contributed by atoms with Gasteiger partial charge in [0.15, 0.2) is 11.4 Å². The number of anilines is 1. The Morgan fingerprint density at radius 1 is 1.00 bits per heavy atom. The fourth-order valence-corrected chi connectivity index (χ4v) is 4.79. The molecular formula is C27H26N10O3. The van der Waals surface area contributed by atoms with E-state index in [1.54, 1.807) is 54.7 Å². The number of nitrogens with zero attached hydrogens (tertiary/aromatic N) is 9. The third-order valence-electron chi connectivity index (χ3n) is 6.64. The quantitative estimate of drug-likeness (QED) is 0.341. The Morgan fingerprint density at radius 3 is 2.58 bits per heavy atom. The largest absolute Gasteiger partial charge is 0.436 e. The van der Waals surface area contributed by atoms with Crippen LogP contribution in [0.2, 0.25) is 0 Å². The number of fused-ring (bicyclic) bond motifs is 1. The van der Waals surface area contributed by atoms with E-state index < -0.39 is 0 Å². The molecule has 13 heteroatoms. The second-order valence-corrected chi connectivity index (χ2v) is 9.43. The molecule has 1 aliphatic heterocycles. The summed E-state index contributed by atoms with van der Waals surface area (Å²) in [5, 5.41) is 15.4. The number of carbonyl (C=O) groups is 2. The minimum atomic E-state index is -0.265. The Morgan fingerprint density at radius 2 is 1.85 bits per heavy atom. The highest BCUT2D eigenvalue weighted by atomic mass is 16.3. The van der Waals surface area contributed by atoms with Crippen molar-refractivity contribution in [1.82, 2.24) is 45.0 Å². The topological polar surface area (TPSA) is 148 Å². The van der Waals surface area contributed by atoms with Crippen molar-refractivity contribution in [1.29, 1.82) is 0 Å². The van der Waals surface area contributed by atoms with Gasteiger partial charge in [-0.25, -0.2) is 4.98 Å². The Hall–Kier alpha value is -5.04. The van der Waals surface area contributed by atoms with Gasteiger partial charge in [-0.05, 0) is 47.7 Å². The molecular weight excluding hydrogens is 512 g/mol. The van der Waals surface area contributed by atoms with Gasteiger partial charge in [0.05, 0.1) is 12.7 Å². The van der Waals surface area contributed by atoms with Crippen molar-refractivity contribution in [3.8, 4) is 11.5 Å². The van der Waals surface area contributed by atoms with Crippen LogP contribution < -0.4 is 5.32 Å². The van der Waals surface area contributed by atoms with Crippen molar-refractivity contribution >= 4 is 28.6 Å². The smallest absolute Gasteiger partial charge is 0.272 e. The first-order valence-corrected chi connectivity index (χ1v) is 12.8. The number of piperazine rings is 1. The number of oxazole rings is 1. The Kier molecular flexibility index (Phi) is 6.70. The summed E-state index contributed by atoms with van der Waals surface area (Å²) in [6.07, 6.45) is 3.32. The molecule has 1 fully saturated rings. The maximum absolute atomic E-state index is 13.4. The van der Waals surface area contributed by atoms with Crippen molar-refractivity contribution in [3.05, 3.63) is 78.1 Å². The molecule has 0 aliphatic carbocycles. The summed E-state index contributed by atoms with van der Waals surface area (Å²) >= 11 is 0. The van der Waals surface area contributed by atoms with Crippen LogP contribution in [-0.4, -0.2) is 83.0 Å². The molecule has 202 valence electrons. The van der Waals surface area contributed by atoms with Crippen LogP contribution in [0.1, 0.15) is 35.0 Å². The lowest BCUT2D eigenvalue weighted by Gasteiger charge is -2.37. The standard InChI is InChI=1S/C27H26N10O3/c1-17(38)30-19-6-7-23-21(16-19)31-26(40-23)18-8-10-29-22(15-18)27(39)37-13-11-36(12-14-37)24(20-5-3-4-9-28-20)25-32-34-35(2)33-25/h3-10,15-16,24H,11-14H2,1-2H3,(H,30,38). The molecule has 0 radical (unpaired) electrons. The van der Waals surface area contributed by atoms with E-state index in [2.05, 4.69) is 40.6 Å². The number of carbonyl (C=O) groups excluding carboxylic acids is 2. The van der Waals surface area contributed by atoms with Gasteiger partial charge in [0.2, 0.25) is 11.8 Å². The van der Waals surface area contributed by atoms with E-state index in [1.807, 2.05) is 18.2 Å². The van der Waals surface area contributed by atoms with E-state index in [1.165, 1.54) is 11.7 Å². The maximum Gasteiger partial charge on any atom is 0.272 e. The van der Waals surface area contributed by atoms with Crippen LogP contribution in [0.4, 0.5) is 5.69 Å². The third-order valence-corrected chi connectivity index (χ3v) is 6.64. The highest BCUT2D eigenvalue weighted by Gasteiger charge is 2.32. The minimum absolute atomic E-state index is 0.168. The third kappa shape index (κ3) is 5.14. The average Bonchev–Trinajstić information content (AvgIpc) is 3.59. The Bertz CT molecular complexity index is 1670. The molecule has 0 saturated carbocycles. The lowest BCUT2D eigenvalue weighted by Crippen LogP contribution is -2.50. The number of rotatable bonds is 6. The number of nitrogens with one attached hydrogen (secondary N) is 1. The molecule has 5 heterocycles. The molecule has 40 heavy (non-hydrogen) atoms. The van der Waals surface area contributed by atoms with E-state index in [9.17, 15) is 9.59 Å². The van der Waals surface area contributed by atoms with Gasteiger partial charge in [-0.15, -0.1) is 10.2 Å². The van der Waals surface area contributed by atoms with Gasteiger partial charge in [-0.3, -0.25) is 24.5 Å². The second kappa shape index (κ2) is 10.6. The van der Waals surface area contributed by atoms with Crippen molar-refractivity contribution < 1.29 is 14.0 Å². The van der Waals surface area contributed by atoms with E-state index in [4.69, 9.17) is 4.42 Å². The van der Waals surface area contributed by atoms with Crippen LogP contribution >= 0.6 is 0 Å². The lowest BCUT2D eigenvalue weighted by molar-refractivity contribution is -0.114. The van der Waals surface area contributed by atoms with Crippen LogP contribution in [-0.2, 0) is 11.8 Å². The zero-order valence-electron chi connectivity index (χ0n) is 21.9. The molecule has 1 aliphatic rings. The van der Waals surface area contributed by atoms with Gasteiger partial charge >= 0.3 is 0 Å². The van der Waals surface area contributed by atoms with E-state index >= 15 is 0 Å². The normalized spacial score (nSPS) is 14.8. The van der Waals surface area contributed by atoms with Gasteiger partial charge < -0.3 is 14.6 Å². The summed E-state index contributed by atoms with van der Waals surface area (Å²) in [6.45, 7) is 3.66. The van der Waals surface area contributed by atoms with Gasteiger partial charge in [-0.1, -0.05) is 6.07 Å². The molecule has 13 nitrogen and oxygen atoms in total. The van der Waals surface area contributed by atoms with Crippen molar-refractivity contribution in [2.75, 3.05) is 31.5 Å². The molecule has 1 atom stereocenters. The fourth-order valence-electron chi connectivity index (χ4n) is 4.79. The highest BCUT2D eigenvalue weighted by molar-refractivity contribution is 5.94. The SMILES string of the molecule is CC(=O)Nc1ccc2oc(-c3ccnc(C(=O)N4CCN(C(c5ccccn5)c5nnn(C)n5)CC4)c3)nc2c1. The second-order valence-electron chi connectivity index (χ2n) is 9.43. The summed E-state index contributed by atoms with van der Waals surface area (Å²) in [6, 6.07) is 14.2. The van der Waals surface area contributed by atoms with Gasteiger partial charge in [-0.2, -0.15) is 4.80 Å². The fraction of sp³-hybridized carbons (Fsp3) is 0.259.